The van der Waals surface area contributed by atoms with Crippen molar-refractivity contribution in [2.24, 2.45) is 0 Å². The fourth-order valence-electron chi connectivity index (χ4n) is 3.30. The molecule has 174 valence electrons. The summed E-state index contributed by atoms with van der Waals surface area (Å²) in [5.41, 5.74) is 2.42. The van der Waals surface area contributed by atoms with Gasteiger partial charge in [-0.25, -0.2) is 8.42 Å². The number of hydrogen-bond acceptors (Lipinski definition) is 4. The predicted molar refractivity (Wildman–Crippen MR) is 128 cm³/mol. The fourth-order valence-corrected chi connectivity index (χ4v) is 4.15. The second-order valence-corrected chi connectivity index (χ2v) is 10.2. The van der Waals surface area contributed by atoms with E-state index in [1.165, 1.54) is 4.90 Å². The van der Waals surface area contributed by atoms with Crippen LogP contribution in [-0.4, -0.2) is 56.6 Å². The second-order valence-electron chi connectivity index (χ2n) is 8.27. The number of hydrogen-bond donors (Lipinski definition) is 1. The van der Waals surface area contributed by atoms with Gasteiger partial charge in [0.1, 0.15) is 12.6 Å². The topological polar surface area (TPSA) is 86.8 Å². The molecule has 2 rings (SSSR count). The zero-order valence-electron chi connectivity index (χ0n) is 19.4. The van der Waals surface area contributed by atoms with E-state index in [9.17, 15) is 18.0 Å². The summed E-state index contributed by atoms with van der Waals surface area (Å²) < 4.78 is 26.0. The summed E-state index contributed by atoms with van der Waals surface area (Å²) in [5.74, 6) is -0.707. The molecule has 0 unspecified atom stereocenters. The summed E-state index contributed by atoms with van der Waals surface area (Å²) in [4.78, 5) is 27.5. The molecule has 0 bridgehead atoms. The van der Waals surface area contributed by atoms with Crippen molar-refractivity contribution in [1.82, 2.24) is 10.2 Å². The van der Waals surface area contributed by atoms with E-state index in [0.717, 1.165) is 21.7 Å². The molecule has 7 nitrogen and oxygen atoms in total. The first-order chi connectivity index (χ1) is 15.0. The van der Waals surface area contributed by atoms with Gasteiger partial charge >= 0.3 is 0 Å². The molecular weight excluding hydrogens is 426 g/mol. The molecule has 0 fully saturated rings. The van der Waals surface area contributed by atoms with Gasteiger partial charge in [0.15, 0.2) is 0 Å². The highest BCUT2D eigenvalue weighted by Crippen LogP contribution is 2.19. The third-order valence-corrected chi connectivity index (χ3v) is 6.22. The first kappa shape index (κ1) is 25.4. The van der Waals surface area contributed by atoms with E-state index in [-0.39, 0.29) is 18.5 Å². The van der Waals surface area contributed by atoms with Crippen LogP contribution in [0, 0.1) is 6.92 Å². The Balaban J connectivity index is 2.29. The van der Waals surface area contributed by atoms with Crippen LogP contribution in [0.4, 0.5) is 5.69 Å². The molecule has 2 amide bonds. The predicted octanol–water partition coefficient (Wildman–Crippen LogP) is 2.75. The smallest absolute Gasteiger partial charge is 0.244 e. The van der Waals surface area contributed by atoms with Gasteiger partial charge in [-0.05, 0) is 51.8 Å². The molecule has 0 aliphatic carbocycles. The number of benzene rings is 2. The maximum absolute atomic E-state index is 13.3. The molecule has 1 N–H and O–H groups in total. The molecule has 0 aromatic heterocycles. The highest BCUT2D eigenvalue weighted by molar-refractivity contribution is 7.92. The summed E-state index contributed by atoms with van der Waals surface area (Å²) >= 11 is 0. The molecule has 2 aromatic carbocycles. The maximum atomic E-state index is 13.3. The van der Waals surface area contributed by atoms with Crippen molar-refractivity contribution >= 4 is 27.5 Å². The van der Waals surface area contributed by atoms with Crippen molar-refractivity contribution in [3.8, 4) is 0 Å². The van der Waals surface area contributed by atoms with Gasteiger partial charge in [-0.2, -0.15) is 0 Å². The molecule has 0 radical (unpaired) electrons. The Morgan fingerprint density at radius 2 is 1.56 bits per heavy atom. The maximum Gasteiger partial charge on any atom is 0.244 e. The van der Waals surface area contributed by atoms with Gasteiger partial charge in [0, 0.05) is 12.6 Å². The van der Waals surface area contributed by atoms with Crippen LogP contribution >= 0.6 is 0 Å². The van der Waals surface area contributed by atoms with Crippen molar-refractivity contribution in [2.75, 3.05) is 23.7 Å². The van der Waals surface area contributed by atoms with E-state index in [1.807, 2.05) is 51.1 Å². The van der Waals surface area contributed by atoms with Crippen molar-refractivity contribution in [2.45, 2.75) is 46.2 Å². The highest BCUT2D eigenvalue weighted by Gasteiger charge is 2.29. The lowest BCUT2D eigenvalue weighted by atomic mass is 10.1. The van der Waals surface area contributed by atoms with Crippen LogP contribution in [-0.2, 0) is 26.0 Å². The summed E-state index contributed by atoms with van der Waals surface area (Å²) in [6, 6.07) is 15.8. The molecule has 0 aliphatic heterocycles. The van der Waals surface area contributed by atoms with Crippen molar-refractivity contribution in [1.29, 1.82) is 0 Å². The van der Waals surface area contributed by atoms with Crippen LogP contribution in [0.15, 0.2) is 54.6 Å². The number of amides is 2. The Hall–Kier alpha value is -2.87. The van der Waals surface area contributed by atoms with Crippen LogP contribution in [0.25, 0.3) is 0 Å². The van der Waals surface area contributed by atoms with E-state index in [1.54, 1.807) is 31.2 Å². The quantitative estimate of drug-likeness (QED) is 0.592. The molecule has 0 saturated carbocycles. The number of carbonyl (C=O) groups is 2. The number of aryl methyl sites for hydroxylation is 1. The average Bonchev–Trinajstić information content (AvgIpc) is 2.72. The van der Waals surface area contributed by atoms with Gasteiger partial charge in [0.2, 0.25) is 21.8 Å². The van der Waals surface area contributed by atoms with Gasteiger partial charge in [-0.3, -0.25) is 13.9 Å². The number of sulfonamides is 1. The minimum Gasteiger partial charge on any atom is -0.352 e. The Morgan fingerprint density at radius 3 is 2.09 bits per heavy atom. The first-order valence-electron chi connectivity index (χ1n) is 10.7. The van der Waals surface area contributed by atoms with Crippen LogP contribution in [0.3, 0.4) is 0 Å². The summed E-state index contributed by atoms with van der Waals surface area (Å²) in [5, 5.41) is 2.83. The van der Waals surface area contributed by atoms with E-state index in [0.29, 0.717) is 18.7 Å². The Kier molecular flexibility index (Phi) is 8.83. The van der Waals surface area contributed by atoms with Gasteiger partial charge in [0.05, 0.1) is 11.9 Å². The molecule has 0 heterocycles. The molecule has 8 heteroatoms. The molecule has 1 atom stereocenters. The van der Waals surface area contributed by atoms with Gasteiger partial charge in [-0.15, -0.1) is 0 Å². The Morgan fingerprint density at radius 1 is 0.969 bits per heavy atom. The monoisotopic (exact) mass is 459 g/mol. The molecular formula is C24H33N3O4S. The van der Waals surface area contributed by atoms with Crippen LogP contribution < -0.4 is 9.62 Å². The lowest BCUT2D eigenvalue weighted by Crippen LogP contribution is -2.53. The Bertz CT molecular complexity index is 1010. The lowest BCUT2D eigenvalue weighted by Gasteiger charge is -2.31. The number of anilines is 1. The standard InChI is InChI=1S/C24H33N3O4S/c1-18(2)25-24(29)20(4)26(16-15-21-9-7-6-8-10-21)23(28)17-27(32(5,30)31)22-13-11-19(3)12-14-22/h6-14,18,20H,15-17H2,1-5H3,(H,25,29)/t20-/m1/s1. The van der Waals surface area contributed by atoms with E-state index in [4.69, 9.17) is 0 Å². The third-order valence-electron chi connectivity index (χ3n) is 5.08. The summed E-state index contributed by atoms with van der Waals surface area (Å²) in [6.45, 7) is 7.18. The molecule has 0 saturated heterocycles. The van der Waals surface area contributed by atoms with Crippen LogP contribution in [0.2, 0.25) is 0 Å². The van der Waals surface area contributed by atoms with Crippen LogP contribution in [0.5, 0.6) is 0 Å². The van der Waals surface area contributed by atoms with Gasteiger partial charge < -0.3 is 10.2 Å². The van der Waals surface area contributed by atoms with Gasteiger partial charge in [-0.1, -0.05) is 48.0 Å². The van der Waals surface area contributed by atoms with Crippen molar-refractivity contribution in [3.63, 3.8) is 0 Å². The summed E-state index contributed by atoms with van der Waals surface area (Å²) in [6.07, 6.45) is 1.62. The Labute approximate surface area is 191 Å². The molecule has 0 aliphatic rings. The van der Waals surface area contributed by atoms with Crippen molar-refractivity contribution in [3.05, 3.63) is 65.7 Å². The van der Waals surface area contributed by atoms with E-state index < -0.39 is 22.0 Å². The minimum absolute atomic E-state index is 0.0731. The second kappa shape index (κ2) is 11.1. The first-order valence-corrected chi connectivity index (χ1v) is 12.5. The zero-order valence-corrected chi connectivity index (χ0v) is 20.2. The van der Waals surface area contributed by atoms with Crippen molar-refractivity contribution < 1.29 is 18.0 Å². The molecule has 2 aromatic rings. The largest absolute Gasteiger partial charge is 0.352 e. The fraction of sp³-hybridized carbons (Fsp3) is 0.417. The number of carbonyl (C=O) groups excluding carboxylic acids is 2. The normalized spacial score (nSPS) is 12.3. The number of nitrogens with one attached hydrogen (secondary N) is 1. The highest BCUT2D eigenvalue weighted by atomic mass is 32.2. The molecule has 32 heavy (non-hydrogen) atoms. The zero-order chi connectivity index (χ0) is 23.9. The van der Waals surface area contributed by atoms with E-state index in [2.05, 4.69) is 5.32 Å². The summed E-state index contributed by atoms with van der Waals surface area (Å²) in [7, 11) is -3.71. The SMILES string of the molecule is Cc1ccc(N(CC(=O)N(CCc2ccccc2)[C@H](C)C(=O)NC(C)C)S(C)(=O)=O)cc1. The lowest BCUT2D eigenvalue weighted by molar-refractivity contribution is -0.139. The van der Waals surface area contributed by atoms with Gasteiger partial charge in [0.25, 0.3) is 0 Å². The number of rotatable bonds is 10. The van der Waals surface area contributed by atoms with E-state index >= 15 is 0 Å². The van der Waals surface area contributed by atoms with Crippen LogP contribution in [0.1, 0.15) is 31.9 Å². The molecule has 0 spiro atoms. The minimum atomic E-state index is -3.71. The number of nitrogens with zero attached hydrogens (tertiary/aromatic N) is 2. The third kappa shape index (κ3) is 7.37. The average molecular weight is 460 g/mol.